The third-order valence-corrected chi connectivity index (χ3v) is 13.7. The zero-order chi connectivity index (χ0) is 45.4. The Labute approximate surface area is 396 Å². The molecule has 0 radical (unpaired) electrons. The van der Waals surface area contributed by atoms with Crippen LogP contribution in [0.3, 0.4) is 0 Å². The molecule has 0 aliphatic rings. The Morgan fingerprint density at radius 3 is 1.13 bits per heavy atom. The maximum absolute atomic E-state index is 5.01. The molecule has 69 heavy (non-hydrogen) atoms. The van der Waals surface area contributed by atoms with Crippen LogP contribution in [0, 0.1) is 0 Å². The molecule has 0 aliphatic carbocycles. The summed E-state index contributed by atoms with van der Waals surface area (Å²) in [4.78, 5) is 19.4. The Morgan fingerprint density at radius 1 is 0.246 bits per heavy atom. The van der Waals surface area contributed by atoms with Gasteiger partial charge >= 0.3 is 0 Å². The summed E-state index contributed by atoms with van der Waals surface area (Å²) in [5.41, 5.74) is 20.3. The lowest BCUT2D eigenvalue weighted by molar-refractivity contribution is 1.16. The first-order valence-electron chi connectivity index (χ1n) is 23.2. The molecule has 14 aromatic rings. The lowest BCUT2D eigenvalue weighted by Crippen LogP contribution is -1.96. The smallest absolute Gasteiger partial charge is 0.0963 e. The van der Waals surface area contributed by atoms with Crippen molar-refractivity contribution in [1.29, 1.82) is 0 Å². The van der Waals surface area contributed by atoms with Crippen LogP contribution in [0.4, 0.5) is 0 Å². The van der Waals surface area contributed by atoms with Crippen LogP contribution < -0.4 is 0 Å². The van der Waals surface area contributed by atoms with Crippen molar-refractivity contribution in [3.63, 3.8) is 0 Å². The fourth-order valence-electron chi connectivity index (χ4n) is 10.7. The van der Waals surface area contributed by atoms with E-state index in [1.54, 1.807) is 0 Å². The lowest BCUT2D eigenvalue weighted by atomic mass is 9.96. The predicted molar refractivity (Wildman–Crippen MR) is 282 cm³/mol. The van der Waals surface area contributed by atoms with Crippen molar-refractivity contribution in [1.82, 2.24) is 33.6 Å². The van der Waals surface area contributed by atoms with Crippen LogP contribution in [0.5, 0.6) is 0 Å². The molecule has 0 N–H and O–H groups in total. The fourth-order valence-corrected chi connectivity index (χ4v) is 10.7. The molecule has 0 amide bonds. The van der Waals surface area contributed by atoms with Crippen molar-refractivity contribution in [2.45, 2.75) is 0 Å². The number of hydrogen-bond acceptors (Lipinski definition) is 4. The molecular weight excluding hydrogens is 843 g/mol. The Kier molecular flexibility index (Phi) is 8.75. The molecule has 7 aromatic carbocycles. The van der Waals surface area contributed by atoms with Crippen molar-refractivity contribution in [2.24, 2.45) is 0 Å². The second-order valence-electron chi connectivity index (χ2n) is 17.5. The van der Waals surface area contributed by atoms with E-state index >= 15 is 0 Å². The second-order valence-corrected chi connectivity index (χ2v) is 17.5. The summed E-state index contributed by atoms with van der Waals surface area (Å²) in [6.45, 7) is 0. The predicted octanol–water partition coefficient (Wildman–Crippen LogP) is 15.2. The number of rotatable bonds is 7. The normalized spacial score (nSPS) is 11.8. The molecule has 0 saturated heterocycles. The van der Waals surface area contributed by atoms with E-state index in [1.165, 1.54) is 0 Å². The van der Waals surface area contributed by atoms with E-state index in [0.717, 1.165) is 128 Å². The highest BCUT2D eigenvalue weighted by molar-refractivity contribution is 6.14. The van der Waals surface area contributed by atoms with E-state index in [2.05, 4.69) is 190 Å². The monoisotopic (exact) mass is 881 g/mol. The van der Waals surface area contributed by atoms with Crippen molar-refractivity contribution in [2.75, 3.05) is 0 Å². The minimum absolute atomic E-state index is 0.947. The van der Waals surface area contributed by atoms with Crippen LogP contribution in [0.1, 0.15) is 0 Å². The molecule has 7 heterocycles. The van der Waals surface area contributed by atoms with E-state index < -0.39 is 0 Å². The van der Waals surface area contributed by atoms with Gasteiger partial charge in [-0.25, -0.2) is 0 Å². The number of aromatic nitrogens is 7. The van der Waals surface area contributed by atoms with Gasteiger partial charge < -0.3 is 13.7 Å². The third-order valence-electron chi connectivity index (χ3n) is 13.7. The summed E-state index contributed by atoms with van der Waals surface area (Å²) in [6, 6.07) is 75.5. The van der Waals surface area contributed by atoms with Gasteiger partial charge in [-0.05, 0) is 144 Å². The minimum atomic E-state index is 0.947. The minimum Gasteiger partial charge on any atom is -0.309 e. The lowest BCUT2D eigenvalue weighted by Gasteiger charge is -2.11. The molecule has 7 heteroatoms. The summed E-state index contributed by atoms with van der Waals surface area (Å²) < 4.78 is 7.11. The van der Waals surface area contributed by atoms with Gasteiger partial charge in [0.15, 0.2) is 0 Å². The number of nitrogens with zero attached hydrogens (tertiary/aromatic N) is 7. The molecular formula is C62H39N7. The third kappa shape index (κ3) is 6.14. The summed E-state index contributed by atoms with van der Waals surface area (Å²) >= 11 is 0. The molecule has 14 rings (SSSR count). The van der Waals surface area contributed by atoms with Gasteiger partial charge in [0.1, 0.15) is 0 Å². The van der Waals surface area contributed by atoms with Crippen molar-refractivity contribution in [3.05, 3.63) is 237 Å². The van der Waals surface area contributed by atoms with Gasteiger partial charge in [-0.1, -0.05) is 91.0 Å². The van der Waals surface area contributed by atoms with E-state index in [9.17, 15) is 0 Å². The molecule has 7 nitrogen and oxygen atoms in total. The summed E-state index contributed by atoms with van der Waals surface area (Å²) in [6.07, 6.45) is 7.49. The van der Waals surface area contributed by atoms with Gasteiger partial charge in [0, 0.05) is 74.5 Å². The Morgan fingerprint density at radius 2 is 0.652 bits per heavy atom. The highest BCUT2D eigenvalue weighted by atomic mass is 15.0. The summed E-state index contributed by atoms with van der Waals surface area (Å²) in [5.74, 6) is 0. The van der Waals surface area contributed by atoms with Gasteiger partial charge in [-0.2, -0.15) is 0 Å². The largest absolute Gasteiger partial charge is 0.309 e. The average Bonchev–Trinajstić information content (AvgIpc) is 4.06. The Hall–Kier alpha value is -9.46. The molecule has 7 aromatic heterocycles. The first-order valence-corrected chi connectivity index (χ1v) is 23.2. The number of fused-ring (bicyclic) bond motifs is 9. The zero-order valence-electron chi connectivity index (χ0n) is 37.1. The van der Waals surface area contributed by atoms with Gasteiger partial charge in [-0.3, -0.25) is 19.9 Å². The van der Waals surface area contributed by atoms with Gasteiger partial charge in [0.05, 0.1) is 55.5 Å². The highest BCUT2D eigenvalue weighted by Crippen LogP contribution is 2.42. The fraction of sp³-hybridized carbons (Fsp3) is 0. The highest BCUT2D eigenvalue weighted by Gasteiger charge is 2.21. The van der Waals surface area contributed by atoms with Crippen LogP contribution in [0.25, 0.3) is 128 Å². The molecule has 0 saturated carbocycles. The van der Waals surface area contributed by atoms with Crippen LogP contribution in [-0.2, 0) is 0 Å². The molecule has 0 unspecified atom stereocenters. The first kappa shape index (κ1) is 38.8. The number of hydrogen-bond donors (Lipinski definition) is 0. The molecule has 0 aliphatic heterocycles. The van der Waals surface area contributed by atoms with Gasteiger partial charge in [0.2, 0.25) is 0 Å². The van der Waals surface area contributed by atoms with Crippen molar-refractivity contribution < 1.29 is 0 Å². The standard InChI is InChI=1S/C62H39N7/c1-2-14-42(15-3-1)67-55-30-26-43(68-57-28-24-40(36-51(57)61-59(68)22-12-34-65-61)45-16-4-6-18-47(45)53-20-8-10-32-63-53)38-49(55)50-39-44(27-31-56(50)67)69-58-29-25-41(37-52(58)62-60(69)23-13-35-66-62)46-17-5-7-19-48(46)54-21-9-11-33-64-54/h1-39H. The number of benzene rings is 7. The van der Waals surface area contributed by atoms with Crippen LogP contribution in [0.2, 0.25) is 0 Å². The average molecular weight is 882 g/mol. The maximum Gasteiger partial charge on any atom is 0.0963 e. The molecule has 322 valence electrons. The van der Waals surface area contributed by atoms with Gasteiger partial charge in [0.25, 0.3) is 0 Å². The Bertz CT molecular complexity index is 4040. The van der Waals surface area contributed by atoms with Gasteiger partial charge in [-0.15, -0.1) is 0 Å². The molecule has 0 spiro atoms. The van der Waals surface area contributed by atoms with Crippen LogP contribution >= 0.6 is 0 Å². The quantitative estimate of drug-likeness (QED) is 0.160. The van der Waals surface area contributed by atoms with Crippen molar-refractivity contribution in [3.8, 4) is 61.8 Å². The van der Waals surface area contributed by atoms with E-state index in [4.69, 9.17) is 19.9 Å². The summed E-state index contributed by atoms with van der Waals surface area (Å²) in [5, 5.41) is 4.49. The van der Waals surface area contributed by atoms with Crippen LogP contribution in [0.15, 0.2) is 237 Å². The number of para-hydroxylation sites is 1. The topological polar surface area (TPSA) is 66.3 Å². The van der Waals surface area contributed by atoms with E-state index in [1.807, 2.05) is 61.2 Å². The SMILES string of the molecule is c1ccc(-n2c3ccc(-n4c5ccc(-c6ccccc6-c6ccccn6)cc5c5ncccc54)cc3c3cc(-n4c5ccc(-c6ccccc6-c6ccccn6)cc5c5ncccc54)ccc32)cc1. The summed E-state index contributed by atoms with van der Waals surface area (Å²) in [7, 11) is 0. The van der Waals surface area contributed by atoms with E-state index in [-0.39, 0.29) is 0 Å². The Balaban J connectivity index is 0.962. The molecule has 0 atom stereocenters. The zero-order valence-corrected chi connectivity index (χ0v) is 37.1. The van der Waals surface area contributed by atoms with E-state index in [0.29, 0.717) is 0 Å². The second kappa shape index (κ2) is 15.6. The van der Waals surface area contributed by atoms with Crippen LogP contribution in [-0.4, -0.2) is 33.6 Å². The van der Waals surface area contributed by atoms with Crippen molar-refractivity contribution >= 4 is 65.7 Å². The molecule has 0 fully saturated rings. The first-order chi connectivity index (χ1) is 34.2. The maximum atomic E-state index is 5.01. The number of pyridine rings is 4. The molecule has 0 bridgehead atoms.